The summed E-state index contributed by atoms with van der Waals surface area (Å²) in [6.45, 7) is 4.88. The van der Waals surface area contributed by atoms with E-state index in [2.05, 4.69) is 27.3 Å². The van der Waals surface area contributed by atoms with E-state index >= 15 is 0 Å². The Hall–Kier alpha value is -2.27. The lowest BCUT2D eigenvalue weighted by atomic mass is 9.93. The third kappa shape index (κ3) is 5.61. The average molecular weight is 401 g/mol. The van der Waals surface area contributed by atoms with Crippen LogP contribution in [0.3, 0.4) is 0 Å². The summed E-state index contributed by atoms with van der Waals surface area (Å²) in [6.07, 6.45) is 7.06. The largest absolute Gasteiger partial charge is 0.371 e. The zero-order chi connectivity index (χ0) is 19.9. The highest BCUT2D eigenvalue weighted by atomic mass is 35.5. The number of amides is 2. The quantitative estimate of drug-likeness (QED) is 0.761. The summed E-state index contributed by atoms with van der Waals surface area (Å²) in [7, 11) is 1.87. The molecule has 0 aliphatic carbocycles. The molecule has 2 heterocycles. The van der Waals surface area contributed by atoms with Crippen LogP contribution < -0.4 is 10.2 Å². The number of rotatable bonds is 6. The lowest BCUT2D eigenvalue weighted by molar-refractivity contribution is 0.200. The SMILES string of the molecule is C[C@@H](NC(=O)N(C)CCC1CCN(c2ccncc2)CC1)c1cccc(Cl)c1. The lowest BCUT2D eigenvalue weighted by Gasteiger charge is -2.34. The molecule has 2 amide bonds. The molecule has 28 heavy (non-hydrogen) atoms. The number of hydrogen-bond acceptors (Lipinski definition) is 3. The predicted molar refractivity (Wildman–Crippen MR) is 115 cm³/mol. The summed E-state index contributed by atoms with van der Waals surface area (Å²) in [5, 5.41) is 3.74. The van der Waals surface area contributed by atoms with Crippen molar-refractivity contribution in [3.05, 3.63) is 59.4 Å². The van der Waals surface area contributed by atoms with Gasteiger partial charge in [-0.15, -0.1) is 0 Å². The molecule has 5 nitrogen and oxygen atoms in total. The van der Waals surface area contributed by atoms with Gasteiger partial charge in [-0.25, -0.2) is 4.79 Å². The number of benzene rings is 1. The highest BCUT2D eigenvalue weighted by molar-refractivity contribution is 6.30. The van der Waals surface area contributed by atoms with Crippen LogP contribution in [0.1, 0.15) is 37.8 Å². The number of carbonyl (C=O) groups is 1. The summed E-state index contributed by atoms with van der Waals surface area (Å²) in [6, 6.07) is 11.6. The van der Waals surface area contributed by atoms with Gasteiger partial charge in [0.1, 0.15) is 0 Å². The second kappa shape index (κ2) is 9.78. The number of carbonyl (C=O) groups excluding carboxylic acids is 1. The van der Waals surface area contributed by atoms with Crippen LogP contribution in [0.25, 0.3) is 0 Å². The molecule has 1 aliphatic rings. The van der Waals surface area contributed by atoms with Crippen molar-refractivity contribution in [2.45, 2.75) is 32.2 Å². The Morgan fingerprint density at radius 2 is 2.00 bits per heavy atom. The molecule has 1 saturated heterocycles. The molecule has 0 unspecified atom stereocenters. The van der Waals surface area contributed by atoms with Crippen molar-refractivity contribution in [2.24, 2.45) is 5.92 Å². The zero-order valence-corrected chi connectivity index (χ0v) is 17.4. The number of hydrogen-bond donors (Lipinski definition) is 1. The Labute approximate surface area is 172 Å². The maximum Gasteiger partial charge on any atom is 0.317 e. The Balaban J connectivity index is 1.40. The van der Waals surface area contributed by atoms with E-state index in [1.807, 2.05) is 50.6 Å². The molecule has 150 valence electrons. The van der Waals surface area contributed by atoms with E-state index in [1.165, 1.54) is 5.69 Å². The minimum absolute atomic E-state index is 0.0401. The van der Waals surface area contributed by atoms with Crippen LogP contribution in [0.2, 0.25) is 5.02 Å². The first-order valence-electron chi connectivity index (χ1n) is 9.95. The second-order valence-electron chi connectivity index (χ2n) is 7.57. The third-order valence-electron chi connectivity index (χ3n) is 5.55. The van der Waals surface area contributed by atoms with E-state index in [0.29, 0.717) is 10.9 Å². The van der Waals surface area contributed by atoms with Crippen molar-refractivity contribution < 1.29 is 4.79 Å². The molecule has 1 fully saturated rings. The number of urea groups is 1. The number of aromatic nitrogens is 1. The molecule has 0 spiro atoms. The Bertz CT molecular complexity index is 762. The van der Waals surface area contributed by atoms with Crippen molar-refractivity contribution in [1.82, 2.24) is 15.2 Å². The van der Waals surface area contributed by atoms with E-state index in [-0.39, 0.29) is 12.1 Å². The Morgan fingerprint density at radius 1 is 1.29 bits per heavy atom. The highest BCUT2D eigenvalue weighted by Gasteiger charge is 2.21. The van der Waals surface area contributed by atoms with Gasteiger partial charge >= 0.3 is 6.03 Å². The minimum atomic E-state index is -0.0720. The van der Waals surface area contributed by atoms with Gasteiger partial charge in [-0.05, 0) is 61.9 Å². The zero-order valence-electron chi connectivity index (χ0n) is 16.6. The lowest BCUT2D eigenvalue weighted by Crippen LogP contribution is -2.40. The number of piperidine rings is 1. The van der Waals surface area contributed by atoms with Crippen molar-refractivity contribution in [3.63, 3.8) is 0 Å². The molecule has 3 rings (SSSR count). The fraction of sp³-hybridized carbons (Fsp3) is 0.455. The van der Waals surface area contributed by atoms with Crippen molar-refractivity contribution >= 4 is 23.3 Å². The molecule has 1 atom stereocenters. The van der Waals surface area contributed by atoms with Crippen LogP contribution >= 0.6 is 11.6 Å². The van der Waals surface area contributed by atoms with Crippen LogP contribution in [0.15, 0.2) is 48.8 Å². The normalized spacial score (nSPS) is 15.9. The topological polar surface area (TPSA) is 48.5 Å². The first kappa shape index (κ1) is 20.5. The molecular weight excluding hydrogens is 372 g/mol. The predicted octanol–water partition coefficient (Wildman–Crippen LogP) is 4.74. The Morgan fingerprint density at radius 3 is 2.68 bits per heavy atom. The molecule has 0 bridgehead atoms. The van der Waals surface area contributed by atoms with Gasteiger partial charge in [0.25, 0.3) is 0 Å². The van der Waals surface area contributed by atoms with E-state index in [0.717, 1.165) is 44.5 Å². The molecule has 1 aromatic heterocycles. The molecule has 1 N–H and O–H groups in total. The van der Waals surface area contributed by atoms with E-state index in [1.54, 1.807) is 4.90 Å². The molecular formula is C22H29ClN4O. The van der Waals surface area contributed by atoms with Gasteiger partial charge in [-0.2, -0.15) is 0 Å². The van der Waals surface area contributed by atoms with Crippen LogP contribution in [-0.4, -0.2) is 42.6 Å². The number of nitrogens with one attached hydrogen (secondary N) is 1. The van der Waals surface area contributed by atoms with Crippen LogP contribution in [0.4, 0.5) is 10.5 Å². The van der Waals surface area contributed by atoms with E-state index < -0.39 is 0 Å². The minimum Gasteiger partial charge on any atom is -0.371 e. The monoisotopic (exact) mass is 400 g/mol. The van der Waals surface area contributed by atoms with E-state index in [9.17, 15) is 4.79 Å². The van der Waals surface area contributed by atoms with Gasteiger partial charge in [0.05, 0.1) is 6.04 Å². The molecule has 1 aliphatic heterocycles. The maximum atomic E-state index is 12.5. The van der Waals surface area contributed by atoms with Gasteiger partial charge in [-0.3, -0.25) is 4.98 Å². The first-order valence-corrected chi connectivity index (χ1v) is 10.3. The highest BCUT2D eigenvalue weighted by Crippen LogP contribution is 2.25. The molecule has 6 heteroatoms. The number of pyridine rings is 1. The van der Waals surface area contributed by atoms with Gasteiger partial charge in [0.2, 0.25) is 0 Å². The smallest absolute Gasteiger partial charge is 0.317 e. The average Bonchev–Trinajstić information content (AvgIpc) is 2.73. The van der Waals surface area contributed by atoms with Crippen molar-refractivity contribution in [1.29, 1.82) is 0 Å². The van der Waals surface area contributed by atoms with Gasteiger partial charge in [0.15, 0.2) is 0 Å². The first-order chi connectivity index (χ1) is 13.5. The van der Waals surface area contributed by atoms with Crippen molar-refractivity contribution in [3.8, 4) is 0 Å². The number of halogens is 1. The fourth-order valence-corrected chi connectivity index (χ4v) is 3.87. The Kier molecular flexibility index (Phi) is 7.15. The van der Waals surface area contributed by atoms with Crippen molar-refractivity contribution in [2.75, 3.05) is 31.6 Å². The van der Waals surface area contributed by atoms with Gasteiger partial charge in [-0.1, -0.05) is 23.7 Å². The maximum absolute atomic E-state index is 12.5. The summed E-state index contributed by atoms with van der Waals surface area (Å²) in [4.78, 5) is 20.8. The third-order valence-corrected chi connectivity index (χ3v) is 5.79. The van der Waals surface area contributed by atoms with Gasteiger partial charge in [0, 0.05) is 49.8 Å². The fourth-order valence-electron chi connectivity index (χ4n) is 3.67. The number of anilines is 1. The molecule has 0 radical (unpaired) electrons. The summed E-state index contributed by atoms with van der Waals surface area (Å²) >= 11 is 6.04. The number of nitrogens with zero attached hydrogens (tertiary/aromatic N) is 3. The molecule has 0 saturated carbocycles. The second-order valence-corrected chi connectivity index (χ2v) is 8.01. The van der Waals surface area contributed by atoms with Crippen LogP contribution in [-0.2, 0) is 0 Å². The molecule has 2 aromatic rings. The molecule has 1 aromatic carbocycles. The summed E-state index contributed by atoms with van der Waals surface area (Å²) in [5.74, 6) is 0.665. The van der Waals surface area contributed by atoms with Gasteiger partial charge < -0.3 is 15.1 Å². The summed E-state index contributed by atoms with van der Waals surface area (Å²) in [5.41, 5.74) is 2.26. The summed E-state index contributed by atoms with van der Waals surface area (Å²) < 4.78 is 0. The standard InChI is InChI=1S/C22H29ClN4O/c1-17(19-4-3-5-20(23)16-19)25-22(28)26(2)13-8-18-9-14-27(15-10-18)21-6-11-24-12-7-21/h3-7,11-12,16-18H,8-10,13-15H2,1-2H3,(H,25,28)/t17-/m1/s1. The van der Waals surface area contributed by atoms with Crippen LogP contribution in [0.5, 0.6) is 0 Å². The van der Waals surface area contributed by atoms with Crippen LogP contribution in [0, 0.1) is 5.92 Å². The van der Waals surface area contributed by atoms with E-state index in [4.69, 9.17) is 11.6 Å².